The minimum atomic E-state index is 0.104. The van der Waals surface area contributed by atoms with Gasteiger partial charge in [0.1, 0.15) is 0 Å². The first-order chi connectivity index (χ1) is 22.9. The molecular formula is C44H43BN2S. The molecule has 0 bridgehead atoms. The highest BCUT2D eigenvalue weighted by Gasteiger charge is 2.46. The highest BCUT2D eigenvalue weighted by molar-refractivity contribution is 7.33. The summed E-state index contributed by atoms with van der Waals surface area (Å²) in [6.45, 7) is 16.8. The van der Waals surface area contributed by atoms with Crippen LogP contribution in [0.5, 0.6) is 0 Å². The molecule has 0 fully saturated rings. The molecule has 0 spiro atoms. The second-order valence-corrected chi connectivity index (χ2v) is 17.6. The molecule has 0 unspecified atom stereocenters. The number of benzene rings is 5. The van der Waals surface area contributed by atoms with Gasteiger partial charge < -0.3 is 9.80 Å². The summed E-state index contributed by atoms with van der Waals surface area (Å²) in [5, 5.41) is 1.39. The molecule has 6 aromatic rings. The molecule has 1 aromatic heterocycles. The van der Waals surface area contributed by atoms with Gasteiger partial charge in [-0.3, -0.25) is 0 Å². The van der Waals surface area contributed by atoms with E-state index in [1.807, 2.05) is 11.3 Å². The van der Waals surface area contributed by atoms with Gasteiger partial charge >= 0.3 is 0 Å². The van der Waals surface area contributed by atoms with Crippen LogP contribution in [0.25, 0.3) is 10.1 Å². The third-order valence-corrected chi connectivity index (χ3v) is 12.7. The lowest BCUT2D eigenvalue weighted by Crippen LogP contribution is -2.60. The van der Waals surface area contributed by atoms with Crippen LogP contribution in [0, 0.1) is 0 Å². The number of thiophene rings is 1. The smallest absolute Gasteiger partial charge is 0.264 e. The van der Waals surface area contributed by atoms with E-state index >= 15 is 0 Å². The van der Waals surface area contributed by atoms with Crippen molar-refractivity contribution in [2.24, 2.45) is 0 Å². The van der Waals surface area contributed by atoms with E-state index < -0.39 is 0 Å². The van der Waals surface area contributed by atoms with Gasteiger partial charge in [0.25, 0.3) is 6.71 Å². The fourth-order valence-corrected chi connectivity index (χ4v) is 10.0. The first-order valence-corrected chi connectivity index (χ1v) is 18.3. The molecule has 0 N–H and O–H groups in total. The maximum atomic E-state index is 2.59. The zero-order valence-electron chi connectivity index (χ0n) is 29.2. The molecule has 4 heteroatoms. The summed E-state index contributed by atoms with van der Waals surface area (Å²) in [6.07, 6.45) is 2.43. The van der Waals surface area contributed by atoms with E-state index in [2.05, 4.69) is 167 Å². The molecule has 9 rings (SSSR count). The van der Waals surface area contributed by atoms with Gasteiger partial charge in [-0.2, -0.15) is 0 Å². The monoisotopic (exact) mass is 642 g/mol. The molecule has 3 heterocycles. The number of fused-ring (bicyclic) bond motifs is 7. The predicted molar refractivity (Wildman–Crippen MR) is 210 cm³/mol. The summed E-state index contributed by atoms with van der Waals surface area (Å²) < 4.78 is 2.85. The van der Waals surface area contributed by atoms with Crippen molar-refractivity contribution in [1.29, 1.82) is 0 Å². The predicted octanol–water partition coefficient (Wildman–Crippen LogP) is 10.6. The quantitative estimate of drug-likeness (QED) is 0.173. The summed E-state index contributed by atoms with van der Waals surface area (Å²) in [4.78, 5) is 5.08. The normalized spacial score (nSPS) is 17.1. The molecule has 3 aliphatic rings. The summed E-state index contributed by atoms with van der Waals surface area (Å²) in [7, 11) is 0. The largest absolute Gasteiger partial charge is 0.311 e. The number of anilines is 6. The molecule has 238 valence electrons. The molecule has 2 nitrogen and oxygen atoms in total. The Hall–Kier alpha value is -4.28. The van der Waals surface area contributed by atoms with Crippen molar-refractivity contribution in [2.75, 3.05) is 9.80 Å². The third kappa shape index (κ3) is 4.24. The summed E-state index contributed by atoms with van der Waals surface area (Å²) in [5.41, 5.74) is 15.2. The Morgan fingerprint density at radius 3 is 1.90 bits per heavy atom. The van der Waals surface area contributed by atoms with Crippen LogP contribution in [-0.4, -0.2) is 6.71 Å². The van der Waals surface area contributed by atoms with Gasteiger partial charge in [-0.25, -0.2) is 0 Å². The Kier molecular flexibility index (Phi) is 6.29. The van der Waals surface area contributed by atoms with E-state index in [0.717, 1.165) is 0 Å². The van der Waals surface area contributed by atoms with Crippen LogP contribution < -0.4 is 25.5 Å². The van der Waals surface area contributed by atoms with Crippen LogP contribution in [-0.2, 0) is 16.2 Å². The maximum Gasteiger partial charge on any atom is 0.264 e. The molecule has 5 aromatic carbocycles. The highest BCUT2D eigenvalue weighted by atomic mass is 32.1. The van der Waals surface area contributed by atoms with E-state index in [9.17, 15) is 0 Å². The topological polar surface area (TPSA) is 6.48 Å². The van der Waals surface area contributed by atoms with E-state index in [4.69, 9.17) is 0 Å². The fraction of sp³-hybridized carbons (Fsp3) is 0.273. The Bertz CT molecular complexity index is 2240. The van der Waals surface area contributed by atoms with Crippen molar-refractivity contribution in [3.05, 3.63) is 126 Å². The highest BCUT2D eigenvalue weighted by Crippen LogP contribution is 2.52. The molecule has 0 saturated heterocycles. The van der Waals surface area contributed by atoms with Crippen LogP contribution >= 0.6 is 11.3 Å². The van der Waals surface area contributed by atoms with Crippen molar-refractivity contribution < 1.29 is 0 Å². The van der Waals surface area contributed by atoms with Gasteiger partial charge in [-0.1, -0.05) is 103 Å². The zero-order valence-corrected chi connectivity index (χ0v) is 30.0. The van der Waals surface area contributed by atoms with Gasteiger partial charge in [0.2, 0.25) is 0 Å². The van der Waals surface area contributed by atoms with E-state index in [1.165, 1.54) is 89.4 Å². The van der Waals surface area contributed by atoms with Crippen molar-refractivity contribution in [3.8, 4) is 0 Å². The van der Waals surface area contributed by atoms with Crippen LogP contribution in [0.4, 0.5) is 34.1 Å². The molecule has 48 heavy (non-hydrogen) atoms. The van der Waals surface area contributed by atoms with Crippen LogP contribution in [0.3, 0.4) is 0 Å². The van der Waals surface area contributed by atoms with Gasteiger partial charge in [-0.15, -0.1) is 11.3 Å². The standard InChI is InChI=1S/C44H43BN2S/c1-42(2,3)28-20-22-30(23-21-28)46-35-17-12-11-16-34(35)45-39-36(46)18-13-19-37(39)47(29-14-9-8-10-15-29)40-31-26-32-33(27-38(31)48-41(40)45)44(6,7)25-24-43(32,4)5/h8-23,26-27H,24-25H2,1-7H3. The lowest BCUT2D eigenvalue weighted by atomic mass is 9.36. The molecule has 1 aliphatic carbocycles. The maximum absolute atomic E-state index is 2.59. The second-order valence-electron chi connectivity index (χ2n) is 16.5. The van der Waals surface area contributed by atoms with Crippen LogP contribution in [0.15, 0.2) is 109 Å². The summed E-state index contributed by atoms with van der Waals surface area (Å²) >= 11 is 2.02. The number of rotatable bonds is 2. The average molecular weight is 643 g/mol. The lowest BCUT2D eigenvalue weighted by molar-refractivity contribution is 0.332. The molecule has 2 aliphatic heterocycles. The van der Waals surface area contributed by atoms with Gasteiger partial charge in [0, 0.05) is 43.3 Å². The fourth-order valence-electron chi connectivity index (χ4n) is 8.66. The summed E-state index contributed by atoms with van der Waals surface area (Å²) in [6, 6.07) is 41.5. The third-order valence-electron chi connectivity index (χ3n) is 11.5. The van der Waals surface area contributed by atoms with E-state index in [-0.39, 0.29) is 23.0 Å². The molecule has 0 amide bonds. The molecular weight excluding hydrogens is 599 g/mol. The van der Waals surface area contributed by atoms with Gasteiger partial charge in [0.15, 0.2) is 0 Å². The number of hydrogen-bond acceptors (Lipinski definition) is 3. The first-order valence-electron chi connectivity index (χ1n) is 17.5. The van der Waals surface area contributed by atoms with Crippen molar-refractivity contribution in [3.63, 3.8) is 0 Å². The van der Waals surface area contributed by atoms with Crippen molar-refractivity contribution in [2.45, 2.75) is 77.6 Å². The molecule has 0 radical (unpaired) electrons. The molecule has 0 atom stereocenters. The Labute approximate surface area is 290 Å². The SMILES string of the molecule is CC(C)(C)c1ccc(N2c3ccccc3B3c4sc5cc6c(cc5c4N(c4ccccc4)c4cccc2c43)C(C)(C)CCC6(C)C)cc1. The number of hydrogen-bond donors (Lipinski definition) is 0. The minimum Gasteiger partial charge on any atom is -0.311 e. The van der Waals surface area contributed by atoms with Crippen LogP contribution in [0.2, 0.25) is 0 Å². The average Bonchev–Trinajstić information content (AvgIpc) is 3.45. The number of nitrogens with zero attached hydrogens (tertiary/aromatic N) is 2. The van der Waals surface area contributed by atoms with Gasteiger partial charge in [-0.05, 0) is 111 Å². The zero-order chi connectivity index (χ0) is 33.2. The number of para-hydroxylation sites is 2. The van der Waals surface area contributed by atoms with Crippen LogP contribution in [0.1, 0.15) is 78.0 Å². The Balaban J connectivity index is 1.35. The first kappa shape index (κ1) is 29.8. The van der Waals surface area contributed by atoms with E-state index in [1.54, 1.807) is 0 Å². The van der Waals surface area contributed by atoms with E-state index in [0.29, 0.717) is 0 Å². The second kappa shape index (κ2) is 10.1. The Morgan fingerprint density at radius 1 is 0.625 bits per heavy atom. The van der Waals surface area contributed by atoms with Gasteiger partial charge in [0.05, 0.1) is 5.69 Å². The lowest BCUT2D eigenvalue weighted by Gasteiger charge is -2.43. The van der Waals surface area contributed by atoms with Crippen molar-refractivity contribution >= 4 is 78.0 Å². The Morgan fingerprint density at radius 2 is 1.21 bits per heavy atom. The minimum absolute atomic E-state index is 0.104. The molecule has 0 saturated carbocycles. The summed E-state index contributed by atoms with van der Waals surface area (Å²) in [5.74, 6) is 0. The van der Waals surface area contributed by atoms with Crippen molar-refractivity contribution in [1.82, 2.24) is 0 Å².